The highest BCUT2D eigenvalue weighted by molar-refractivity contribution is 7.20. The minimum absolute atomic E-state index is 0.0443. The first-order valence-corrected chi connectivity index (χ1v) is 8.61. The molecule has 1 N–H and O–H groups in total. The molecule has 0 aliphatic heterocycles. The summed E-state index contributed by atoms with van der Waals surface area (Å²) in [5.41, 5.74) is 3.49. The average Bonchev–Trinajstić information content (AvgIpc) is 3.19. The van der Waals surface area contributed by atoms with Gasteiger partial charge in [-0.3, -0.25) is 9.78 Å². The van der Waals surface area contributed by atoms with Crippen LogP contribution in [0.25, 0.3) is 16.2 Å². The van der Waals surface area contributed by atoms with Crippen LogP contribution < -0.4 is 5.32 Å². The van der Waals surface area contributed by atoms with Gasteiger partial charge in [0.2, 0.25) is 10.1 Å². The molecule has 4 aromatic rings. The van der Waals surface area contributed by atoms with Crippen LogP contribution in [0.2, 0.25) is 0 Å². The Morgan fingerprint density at radius 3 is 2.96 bits per heavy atom. The van der Waals surface area contributed by atoms with Crippen LogP contribution in [0.15, 0.2) is 55.0 Å². The molecule has 1 aromatic carbocycles. The molecule has 25 heavy (non-hydrogen) atoms. The second kappa shape index (κ2) is 6.45. The fraction of sp³-hybridized carbons (Fsp3) is 0.111. The molecular formula is C18H15N5OS. The lowest BCUT2D eigenvalue weighted by molar-refractivity contribution is 0.101. The van der Waals surface area contributed by atoms with Gasteiger partial charge in [-0.15, -0.1) is 5.10 Å². The van der Waals surface area contributed by atoms with Crippen LogP contribution in [0.5, 0.6) is 0 Å². The second-order valence-corrected chi connectivity index (χ2v) is 6.57. The van der Waals surface area contributed by atoms with E-state index in [1.54, 1.807) is 17.6 Å². The molecule has 0 unspecified atom stereocenters. The van der Waals surface area contributed by atoms with Gasteiger partial charge < -0.3 is 5.32 Å². The minimum Gasteiger partial charge on any atom is -0.356 e. The molecule has 3 aromatic heterocycles. The fourth-order valence-electron chi connectivity index (χ4n) is 2.49. The molecule has 0 aliphatic rings. The van der Waals surface area contributed by atoms with Crippen LogP contribution in [0.1, 0.15) is 22.8 Å². The summed E-state index contributed by atoms with van der Waals surface area (Å²) in [6.07, 6.45) is 5.45. The minimum atomic E-state index is 0.0443. The number of Topliss-reactive ketones (excluding diaryl/α,β-unsaturated/α-hetero) is 1. The van der Waals surface area contributed by atoms with Crippen LogP contribution in [-0.2, 0) is 6.54 Å². The number of nitrogens with one attached hydrogen (secondary N) is 1. The first-order chi connectivity index (χ1) is 12.2. The summed E-state index contributed by atoms with van der Waals surface area (Å²) in [6, 6.07) is 11.4. The lowest BCUT2D eigenvalue weighted by atomic mass is 10.1. The number of nitrogens with zero attached hydrogens (tertiary/aromatic N) is 4. The molecule has 3 heterocycles. The molecule has 0 amide bonds. The van der Waals surface area contributed by atoms with Crippen molar-refractivity contribution in [2.75, 3.05) is 5.32 Å². The van der Waals surface area contributed by atoms with Gasteiger partial charge in [0, 0.05) is 30.1 Å². The smallest absolute Gasteiger partial charge is 0.214 e. The van der Waals surface area contributed by atoms with Crippen molar-refractivity contribution in [3.05, 3.63) is 66.1 Å². The summed E-state index contributed by atoms with van der Waals surface area (Å²) in [4.78, 5) is 21.0. The number of carbonyl (C=O) groups is 1. The standard InChI is InChI=1S/C18H15N5OS/c1-12(24)14-5-2-6-15(8-14)16-11-23-18(21-16)25-17(22-23)20-10-13-4-3-7-19-9-13/h2-9,11H,10H2,1H3,(H,20,22). The Labute approximate surface area is 148 Å². The maximum absolute atomic E-state index is 11.5. The normalized spacial score (nSPS) is 10.9. The lowest BCUT2D eigenvalue weighted by Gasteiger charge is -2.01. The summed E-state index contributed by atoms with van der Waals surface area (Å²) < 4.78 is 1.76. The van der Waals surface area contributed by atoms with E-state index >= 15 is 0 Å². The summed E-state index contributed by atoms with van der Waals surface area (Å²) >= 11 is 1.48. The largest absolute Gasteiger partial charge is 0.356 e. The Kier molecular flexibility index (Phi) is 3.99. The number of carbonyl (C=O) groups excluding carboxylic acids is 1. The Balaban J connectivity index is 1.55. The molecular weight excluding hydrogens is 334 g/mol. The van der Waals surface area contributed by atoms with Crippen molar-refractivity contribution in [2.45, 2.75) is 13.5 Å². The van der Waals surface area contributed by atoms with Gasteiger partial charge in [0.1, 0.15) is 0 Å². The highest BCUT2D eigenvalue weighted by Crippen LogP contribution is 2.25. The van der Waals surface area contributed by atoms with Gasteiger partial charge in [0.25, 0.3) is 0 Å². The molecule has 124 valence electrons. The zero-order chi connectivity index (χ0) is 17.2. The molecule has 4 rings (SSSR count). The number of ketones is 1. The van der Waals surface area contributed by atoms with Crippen molar-refractivity contribution in [1.82, 2.24) is 19.6 Å². The molecule has 0 spiro atoms. The van der Waals surface area contributed by atoms with Crippen molar-refractivity contribution >= 4 is 27.2 Å². The van der Waals surface area contributed by atoms with Gasteiger partial charge in [-0.1, -0.05) is 35.6 Å². The summed E-state index contributed by atoms with van der Waals surface area (Å²) in [7, 11) is 0. The summed E-state index contributed by atoms with van der Waals surface area (Å²) in [5, 5.41) is 8.59. The Hall–Kier alpha value is -3.06. The van der Waals surface area contributed by atoms with E-state index in [1.807, 2.05) is 48.8 Å². The van der Waals surface area contributed by atoms with E-state index in [4.69, 9.17) is 0 Å². The van der Waals surface area contributed by atoms with Crippen molar-refractivity contribution in [3.63, 3.8) is 0 Å². The van der Waals surface area contributed by atoms with Crippen molar-refractivity contribution < 1.29 is 4.79 Å². The Morgan fingerprint density at radius 2 is 2.20 bits per heavy atom. The maximum atomic E-state index is 11.5. The lowest BCUT2D eigenvalue weighted by Crippen LogP contribution is -1.99. The van der Waals surface area contributed by atoms with E-state index in [-0.39, 0.29) is 5.78 Å². The van der Waals surface area contributed by atoms with Gasteiger partial charge in [-0.05, 0) is 24.6 Å². The molecule has 0 bridgehead atoms. The third-order valence-corrected chi connectivity index (χ3v) is 4.65. The van der Waals surface area contributed by atoms with Gasteiger partial charge in [0.05, 0.1) is 11.9 Å². The number of pyridine rings is 1. The molecule has 6 nitrogen and oxygen atoms in total. The first kappa shape index (κ1) is 15.5. The Morgan fingerprint density at radius 1 is 1.28 bits per heavy atom. The average molecular weight is 349 g/mol. The summed E-state index contributed by atoms with van der Waals surface area (Å²) in [6.45, 7) is 2.23. The number of imidazole rings is 1. The number of hydrogen-bond acceptors (Lipinski definition) is 6. The van der Waals surface area contributed by atoms with Crippen molar-refractivity contribution in [1.29, 1.82) is 0 Å². The van der Waals surface area contributed by atoms with Crippen LogP contribution in [-0.4, -0.2) is 25.4 Å². The van der Waals surface area contributed by atoms with E-state index in [2.05, 4.69) is 20.4 Å². The third kappa shape index (κ3) is 3.27. The molecule has 7 heteroatoms. The fourth-order valence-corrected chi connectivity index (χ4v) is 3.27. The van der Waals surface area contributed by atoms with Gasteiger partial charge in [-0.2, -0.15) is 0 Å². The van der Waals surface area contributed by atoms with E-state index in [0.29, 0.717) is 12.1 Å². The maximum Gasteiger partial charge on any atom is 0.214 e. The number of fused-ring (bicyclic) bond motifs is 1. The van der Waals surface area contributed by atoms with Gasteiger partial charge in [0.15, 0.2) is 5.78 Å². The number of aromatic nitrogens is 4. The molecule has 0 radical (unpaired) electrons. The van der Waals surface area contributed by atoms with Crippen LogP contribution in [0, 0.1) is 0 Å². The van der Waals surface area contributed by atoms with E-state index in [1.165, 1.54) is 11.3 Å². The predicted octanol–water partition coefficient (Wildman–Crippen LogP) is 3.67. The topological polar surface area (TPSA) is 72.2 Å². The second-order valence-electron chi connectivity index (χ2n) is 5.61. The van der Waals surface area contributed by atoms with E-state index < -0.39 is 0 Å². The number of rotatable bonds is 5. The number of anilines is 1. The van der Waals surface area contributed by atoms with Crippen molar-refractivity contribution in [2.24, 2.45) is 0 Å². The Bertz CT molecular complexity index is 1010. The van der Waals surface area contributed by atoms with Gasteiger partial charge in [-0.25, -0.2) is 9.50 Å². The van der Waals surface area contributed by atoms with Crippen LogP contribution in [0.3, 0.4) is 0 Å². The molecule has 0 fully saturated rings. The predicted molar refractivity (Wildman–Crippen MR) is 97.9 cm³/mol. The van der Waals surface area contributed by atoms with Gasteiger partial charge >= 0.3 is 0 Å². The molecule has 0 atom stereocenters. The SMILES string of the molecule is CC(=O)c1cccc(-c2cn3nc(NCc4cccnc4)sc3n2)c1. The molecule has 0 saturated carbocycles. The van der Waals surface area contributed by atoms with E-state index in [9.17, 15) is 4.79 Å². The highest BCUT2D eigenvalue weighted by atomic mass is 32.1. The number of hydrogen-bond donors (Lipinski definition) is 1. The number of benzene rings is 1. The molecule has 0 saturated heterocycles. The van der Waals surface area contributed by atoms with E-state index in [0.717, 1.165) is 26.9 Å². The first-order valence-electron chi connectivity index (χ1n) is 7.79. The van der Waals surface area contributed by atoms with Crippen molar-refractivity contribution in [3.8, 4) is 11.3 Å². The zero-order valence-corrected chi connectivity index (χ0v) is 14.3. The monoisotopic (exact) mass is 349 g/mol. The van der Waals surface area contributed by atoms with Crippen LogP contribution in [0.4, 0.5) is 5.13 Å². The quantitative estimate of drug-likeness (QED) is 0.557. The molecule has 0 aliphatic carbocycles. The highest BCUT2D eigenvalue weighted by Gasteiger charge is 2.11. The summed E-state index contributed by atoms with van der Waals surface area (Å²) in [5.74, 6) is 0.0443. The third-order valence-electron chi connectivity index (χ3n) is 3.77. The van der Waals surface area contributed by atoms with Crippen LogP contribution >= 0.6 is 11.3 Å². The zero-order valence-electron chi connectivity index (χ0n) is 13.5.